The first-order valence-electron chi connectivity index (χ1n) is 7.17. The molecule has 0 spiro atoms. The zero-order valence-corrected chi connectivity index (χ0v) is 14.9. The molecule has 3 rings (SSSR count). The van der Waals surface area contributed by atoms with Gasteiger partial charge in [-0.15, -0.1) is 11.3 Å². The molecule has 2 atom stereocenters. The third-order valence-electron chi connectivity index (χ3n) is 3.76. The van der Waals surface area contributed by atoms with Crippen molar-refractivity contribution in [2.24, 2.45) is 0 Å². The van der Waals surface area contributed by atoms with Gasteiger partial charge in [0.15, 0.2) is 3.95 Å². The Morgan fingerprint density at radius 2 is 2.36 bits per heavy atom. The molecule has 1 fully saturated rings. The van der Waals surface area contributed by atoms with Gasteiger partial charge >= 0.3 is 0 Å². The molecule has 0 bridgehead atoms. The number of aromatic nitrogens is 1. The number of nitrogens with one attached hydrogen (secondary N) is 1. The summed E-state index contributed by atoms with van der Waals surface area (Å²) >= 11 is 8.28. The molecule has 2 aromatic heterocycles. The van der Waals surface area contributed by atoms with Crippen LogP contribution in [0.15, 0.2) is 16.8 Å². The Bertz CT molecular complexity index is 705. The van der Waals surface area contributed by atoms with Crippen LogP contribution < -0.4 is 0 Å². The number of carbonyl (C=O) groups excluding carboxylic acids is 1. The molecule has 0 aromatic carbocycles. The van der Waals surface area contributed by atoms with Gasteiger partial charge in [0.25, 0.3) is 0 Å². The standard InChI is InChI=1S/C15H18N2O2S3/c1-9-6-17(7-12(19-9)11-3-4-21-8-11)14(18)5-13-10(2)16-15(20)22-13/h3-4,8-9,12H,5-7H2,1-2H3,(H,16,20)/t9-,12+/m0/s1. The summed E-state index contributed by atoms with van der Waals surface area (Å²) < 4.78 is 6.71. The number of hydrogen-bond acceptors (Lipinski definition) is 5. The predicted molar refractivity (Wildman–Crippen MR) is 92.1 cm³/mol. The molecule has 118 valence electrons. The number of H-pyrrole nitrogens is 1. The number of aryl methyl sites for hydroxylation is 1. The van der Waals surface area contributed by atoms with E-state index in [1.165, 1.54) is 11.3 Å². The van der Waals surface area contributed by atoms with Gasteiger partial charge in [-0.3, -0.25) is 4.79 Å². The fourth-order valence-electron chi connectivity index (χ4n) is 2.65. The SMILES string of the molecule is Cc1[nH]c(=S)sc1CC(=O)N1C[C@H](C)O[C@@H](c2ccsc2)C1. The van der Waals surface area contributed by atoms with E-state index >= 15 is 0 Å². The van der Waals surface area contributed by atoms with Gasteiger partial charge in [-0.25, -0.2) is 0 Å². The molecule has 0 saturated carbocycles. The number of rotatable bonds is 3. The van der Waals surface area contributed by atoms with E-state index in [4.69, 9.17) is 17.0 Å². The molecule has 1 saturated heterocycles. The lowest BCUT2D eigenvalue weighted by atomic mass is 10.1. The Morgan fingerprint density at radius 3 is 3.00 bits per heavy atom. The Kier molecular flexibility index (Phi) is 4.77. The van der Waals surface area contributed by atoms with E-state index < -0.39 is 0 Å². The summed E-state index contributed by atoms with van der Waals surface area (Å²) in [5.74, 6) is 0.142. The number of nitrogens with zero attached hydrogens (tertiary/aromatic N) is 1. The third kappa shape index (κ3) is 3.48. The highest BCUT2D eigenvalue weighted by Gasteiger charge is 2.29. The first-order chi connectivity index (χ1) is 10.5. The molecule has 0 radical (unpaired) electrons. The summed E-state index contributed by atoms with van der Waals surface area (Å²) in [5.41, 5.74) is 2.15. The number of morpholine rings is 1. The van der Waals surface area contributed by atoms with Crippen LogP contribution >= 0.6 is 34.9 Å². The van der Waals surface area contributed by atoms with Crippen molar-refractivity contribution in [3.63, 3.8) is 0 Å². The van der Waals surface area contributed by atoms with Gasteiger partial charge in [-0.1, -0.05) is 0 Å². The summed E-state index contributed by atoms with van der Waals surface area (Å²) in [6.45, 7) is 5.25. The second-order valence-electron chi connectivity index (χ2n) is 5.53. The van der Waals surface area contributed by atoms with Gasteiger partial charge in [0.05, 0.1) is 19.1 Å². The molecule has 1 amide bonds. The lowest BCUT2D eigenvalue weighted by molar-refractivity contribution is -0.144. The minimum atomic E-state index is -0.0236. The van der Waals surface area contributed by atoms with E-state index in [9.17, 15) is 4.79 Å². The van der Waals surface area contributed by atoms with Crippen molar-refractivity contribution < 1.29 is 9.53 Å². The van der Waals surface area contributed by atoms with E-state index in [2.05, 4.69) is 16.4 Å². The zero-order chi connectivity index (χ0) is 15.7. The number of aromatic amines is 1. The van der Waals surface area contributed by atoms with E-state index in [-0.39, 0.29) is 18.1 Å². The van der Waals surface area contributed by atoms with Crippen molar-refractivity contribution in [1.29, 1.82) is 0 Å². The fraction of sp³-hybridized carbons (Fsp3) is 0.467. The molecule has 7 heteroatoms. The van der Waals surface area contributed by atoms with Gasteiger partial charge in [0, 0.05) is 17.1 Å². The van der Waals surface area contributed by atoms with Crippen molar-refractivity contribution in [3.05, 3.63) is 36.9 Å². The lowest BCUT2D eigenvalue weighted by Gasteiger charge is -2.36. The quantitative estimate of drug-likeness (QED) is 0.855. The fourth-order valence-corrected chi connectivity index (χ4v) is 4.64. The highest BCUT2D eigenvalue weighted by molar-refractivity contribution is 7.73. The maximum Gasteiger partial charge on any atom is 0.228 e. The van der Waals surface area contributed by atoms with Crippen LogP contribution in [-0.2, 0) is 16.0 Å². The van der Waals surface area contributed by atoms with Gasteiger partial charge in [0.1, 0.15) is 6.10 Å². The summed E-state index contributed by atoms with van der Waals surface area (Å²) in [6.07, 6.45) is 0.435. The van der Waals surface area contributed by atoms with Crippen molar-refractivity contribution in [1.82, 2.24) is 9.88 Å². The molecule has 2 aromatic rings. The maximum absolute atomic E-state index is 12.6. The second kappa shape index (κ2) is 6.62. The average Bonchev–Trinajstić information content (AvgIpc) is 3.09. The minimum Gasteiger partial charge on any atom is -0.367 e. The molecule has 0 aliphatic carbocycles. The smallest absolute Gasteiger partial charge is 0.228 e. The van der Waals surface area contributed by atoms with Crippen LogP contribution in [0.4, 0.5) is 0 Å². The van der Waals surface area contributed by atoms with Crippen molar-refractivity contribution in [2.75, 3.05) is 13.1 Å². The van der Waals surface area contributed by atoms with Crippen LogP contribution in [0.25, 0.3) is 0 Å². The van der Waals surface area contributed by atoms with E-state index in [0.717, 1.165) is 20.1 Å². The number of hydrogen-bond donors (Lipinski definition) is 1. The number of thiophene rings is 1. The van der Waals surface area contributed by atoms with Crippen LogP contribution in [0.1, 0.15) is 29.2 Å². The number of ether oxygens (including phenoxy) is 1. The first-order valence-corrected chi connectivity index (χ1v) is 9.33. The highest BCUT2D eigenvalue weighted by atomic mass is 32.1. The van der Waals surface area contributed by atoms with Gasteiger partial charge in [-0.05, 0) is 48.5 Å². The minimum absolute atomic E-state index is 0.0236. The van der Waals surface area contributed by atoms with Crippen LogP contribution in [0.3, 0.4) is 0 Å². The molecule has 4 nitrogen and oxygen atoms in total. The number of thiazole rings is 1. The predicted octanol–water partition coefficient (Wildman–Crippen LogP) is 3.71. The van der Waals surface area contributed by atoms with Crippen molar-refractivity contribution >= 4 is 40.8 Å². The first kappa shape index (κ1) is 15.9. The van der Waals surface area contributed by atoms with E-state index in [1.54, 1.807) is 11.3 Å². The molecule has 22 heavy (non-hydrogen) atoms. The Morgan fingerprint density at radius 1 is 1.55 bits per heavy atom. The molecule has 3 heterocycles. The second-order valence-corrected chi connectivity index (χ2v) is 8.08. The average molecular weight is 355 g/mol. The molecular weight excluding hydrogens is 336 g/mol. The molecule has 1 aliphatic rings. The summed E-state index contributed by atoms with van der Waals surface area (Å²) in [4.78, 5) is 18.7. The largest absolute Gasteiger partial charge is 0.367 e. The molecular formula is C15H18N2O2S3. The zero-order valence-electron chi connectivity index (χ0n) is 12.5. The lowest BCUT2D eigenvalue weighted by Crippen LogP contribution is -2.46. The Balaban J connectivity index is 1.71. The summed E-state index contributed by atoms with van der Waals surface area (Å²) in [7, 11) is 0. The summed E-state index contributed by atoms with van der Waals surface area (Å²) in [5, 5.41) is 4.13. The van der Waals surface area contributed by atoms with Crippen molar-refractivity contribution in [2.45, 2.75) is 32.5 Å². The molecule has 1 N–H and O–H groups in total. The van der Waals surface area contributed by atoms with Crippen LogP contribution in [0.5, 0.6) is 0 Å². The normalized spacial score (nSPS) is 22.0. The van der Waals surface area contributed by atoms with Gasteiger partial charge in [0.2, 0.25) is 5.91 Å². The molecule has 1 aliphatic heterocycles. The number of carbonyl (C=O) groups is 1. The van der Waals surface area contributed by atoms with E-state index in [1.807, 2.05) is 24.1 Å². The maximum atomic E-state index is 12.6. The van der Waals surface area contributed by atoms with Gasteiger partial charge in [-0.2, -0.15) is 11.3 Å². The molecule has 0 unspecified atom stereocenters. The van der Waals surface area contributed by atoms with Gasteiger partial charge < -0.3 is 14.6 Å². The highest BCUT2D eigenvalue weighted by Crippen LogP contribution is 2.27. The number of amides is 1. The van der Waals surface area contributed by atoms with E-state index in [0.29, 0.717) is 19.5 Å². The summed E-state index contributed by atoms with van der Waals surface area (Å²) in [6, 6.07) is 2.07. The Hall–Kier alpha value is -1.02. The topological polar surface area (TPSA) is 45.3 Å². The third-order valence-corrected chi connectivity index (χ3v) is 5.80. The monoisotopic (exact) mass is 354 g/mol. The van der Waals surface area contributed by atoms with Crippen molar-refractivity contribution in [3.8, 4) is 0 Å². The van der Waals surface area contributed by atoms with Crippen LogP contribution in [-0.4, -0.2) is 35.0 Å². The Labute approximate surface area is 142 Å². The van der Waals surface area contributed by atoms with Crippen LogP contribution in [0, 0.1) is 10.9 Å². The van der Waals surface area contributed by atoms with Crippen LogP contribution in [0.2, 0.25) is 0 Å².